The van der Waals surface area contributed by atoms with Gasteiger partial charge in [0.25, 0.3) is 0 Å². The Kier molecular flexibility index (Phi) is 11.6. The van der Waals surface area contributed by atoms with Gasteiger partial charge >= 0.3 is 5.97 Å². The van der Waals surface area contributed by atoms with E-state index in [4.69, 9.17) is 5.11 Å². The molecule has 0 saturated heterocycles. The number of carbonyl (C=O) groups is 1. The van der Waals surface area contributed by atoms with E-state index >= 15 is 0 Å². The molecular formula is C17H34O4. The SMILES string of the molecule is CCCCCCCCCCC(CC)(CC(O)CO)C(=O)O. The topological polar surface area (TPSA) is 77.8 Å². The molecule has 0 radical (unpaired) electrons. The van der Waals surface area contributed by atoms with Gasteiger partial charge in [-0.1, -0.05) is 65.2 Å². The van der Waals surface area contributed by atoms with Gasteiger partial charge in [-0.05, 0) is 19.3 Å². The van der Waals surface area contributed by atoms with E-state index in [0.717, 1.165) is 19.3 Å². The van der Waals surface area contributed by atoms with Gasteiger partial charge < -0.3 is 15.3 Å². The summed E-state index contributed by atoms with van der Waals surface area (Å²) < 4.78 is 0. The molecule has 0 aromatic carbocycles. The lowest BCUT2D eigenvalue weighted by atomic mass is 9.75. The summed E-state index contributed by atoms with van der Waals surface area (Å²) in [5.41, 5.74) is -0.885. The molecule has 0 aromatic heterocycles. The van der Waals surface area contributed by atoms with Crippen molar-refractivity contribution < 1.29 is 20.1 Å². The molecular weight excluding hydrogens is 268 g/mol. The third kappa shape index (κ3) is 8.42. The van der Waals surface area contributed by atoms with E-state index in [1.807, 2.05) is 6.92 Å². The highest BCUT2D eigenvalue weighted by molar-refractivity contribution is 5.74. The second-order valence-electron chi connectivity index (χ2n) is 6.20. The Morgan fingerprint density at radius 2 is 1.52 bits per heavy atom. The van der Waals surface area contributed by atoms with E-state index in [-0.39, 0.29) is 13.0 Å². The summed E-state index contributed by atoms with van der Waals surface area (Å²) in [5.74, 6) is -0.847. The number of hydrogen-bond acceptors (Lipinski definition) is 3. The van der Waals surface area contributed by atoms with Gasteiger partial charge in [0.2, 0.25) is 0 Å². The maximum absolute atomic E-state index is 11.5. The summed E-state index contributed by atoms with van der Waals surface area (Å²) in [6, 6.07) is 0. The zero-order valence-corrected chi connectivity index (χ0v) is 13.8. The summed E-state index contributed by atoms with van der Waals surface area (Å²) in [5, 5.41) is 28.0. The Labute approximate surface area is 129 Å². The fourth-order valence-electron chi connectivity index (χ4n) is 2.88. The van der Waals surface area contributed by atoms with Crippen LogP contribution in [-0.2, 0) is 4.79 Å². The van der Waals surface area contributed by atoms with Gasteiger partial charge in [0.1, 0.15) is 0 Å². The fraction of sp³-hybridized carbons (Fsp3) is 0.941. The quantitative estimate of drug-likeness (QED) is 0.427. The first-order chi connectivity index (χ1) is 10.0. The van der Waals surface area contributed by atoms with Crippen LogP contribution in [0, 0.1) is 5.41 Å². The molecule has 3 N–H and O–H groups in total. The van der Waals surface area contributed by atoms with E-state index in [1.165, 1.54) is 32.1 Å². The highest BCUT2D eigenvalue weighted by atomic mass is 16.4. The molecule has 0 aliphatic carbocycles. The number of aliphatic hydroxyl groups excluding tert-OH is 2. The van der Waals surface area contributed by atoms with Crippen molar-refractivity contribution >= 4 is 5.97 Å². The number of hydrogen-bond donors (Lipinski definition) is 3. The van der Waals surface area contributed by atoms with Crippen LogP contribution < -0.4 is 0 Å². The zero-order chi connectivity index (χ0) is 16.1. The van der Waals surface area contributed by atoms with Crippen molar-refractivity contribution in [1.29, 1.82) is 0 Å². The van der Waals surface area contributed by atoms with Gasteiger partial charge in [-0.2, -0.15) is 0 Å². The second kappa shape index (κ2) is 12.0. The zero-order valence-electron chi connectivity index (χ0n) is 13.8. The number of carboxylic acid groups (broad SMARTS) is 1. The molecule has 0 spiro atoms. The van der Waals surface area contributed by atoms with Gasteiger partial charge in [-0.3, -0.25) is 4.79 Å². The van der Waals surface area contributed by atoms with Crippen molar-refractivity contribution in [3.05, 3.63) is 0 Å². The summed E-state index contributed by atoms with van der Waals surface area (Å²) in [6.07, 6.45) is 9.74. The minimum Gasteiger partial charge on any atom is -0.481 e. The van der Waals surface area contributed by atoms with E-state index in [9.17, 15) is 15.0 Å². The molecule has 0 saturated carbocycles. The van der Waals surface area contributed by atoms with Crippen molar-refractivity contribution in [2.45, 2.75) is 90.6 Å². The van der Waals surface area contributed by atoms with Crippen LogP contribution in [-0.4, -0.2) is 34.0 Å². The summed E-state index contributed by atoms with van der Waals surface area (Å²) in [6.45, 7) is 3.69. The molecule has 21 heavy (non-hydrogen) atoms. The van der Waals surface area contributed by atoms with Crippen molar-refractivity contribution in [1.82, 2.24) is 0 Å². The van der Waals surface area contributed by atoms with Crippen LogP contribution in [0.25, 0.3) is 0 Å². The predicted molar refractivity (Wildman–Crippen MR) is 85.3 cm³/mol. The van der Waals surface area contributed by atoms with Gasteiger partial charge in [-0.25, -0.2) is 0 Å². The lowest BCUT2D eigenvalue weighted by Gasteiger charge is -2.30. The summed E-state index contributed by atoms with van der Waals surface area (Å²) in [4.78, 5) is 11.5. The predicted octanol–water partition coefficient (Wildman–Crippen LogP) is 3.74. The average molecular weight is 302 g/mol. The van der Waals surface area contributed by atoms with Crippen molar-refractivity contribution in [3.8, 4) is 0 Å². The van der Waals surface area contributed by atoms with Crippen LogP contribution in [0.1, 0.15) is 84.5 Å². The van der Waals surface area contributed by atoms with Crippen molar-refractivity contribution in [2.75, 3.05) is 6.61 Å². The highest BCUT2D eigenvalue weighted by Crippen LogP contribution is 2.35. The van der Waals surface area contributed by atoms with Crippen LogP contribution in [0.4, 0.5) is 0 Å². The standard InChI is InChI=1S/C17H34O4/c1-3-5-6-7-8-9-10-11-12-17(4-2,16(20)21)13-15(19)14-18/h15,18-19H,3-14H2,1-2H3,(H,20,21). The number of unbranched alkanes of at least 4 members (excludes halogenated alkanes) is 7. The van der Waals surface area contributed by atoms with E-state index in [0.29, 0.717) is 12.8 Å². The smallest absolute Gasteiger partial charge is 0.309 e. The second-order valence-corrected chi connectivity index (χ2v) is 6.20. The first-order valence-corrected chi connectivity index (χ1v) is 8.54. The molecule has 0 heterocycles. The third-order valence-corrected chi connectivity index (χ3v) is 4.48. The fourth-order valence-corrected chi connectivity index (χ4v) is 2.88. The lowest BCUT2D eigenvalue weighted by molar-refractivity contribution is -0.152. The lowest BCUT2D eigenvalue weighted by Crippen LogP contribution is -2.35. The molecule has 0 amide bonds. The summed E-state index contributed by atoms with van der Waals surface area (Å²) >= 11 is 0. The largest absolute Gasteiger partial charge is 0.481 e. The van der Waals surface area contributed by atoms with E-state index < -0.39 is 17.5 Å². The number of rotatable bonds is 14. The Hall–Kier alpha value is -0.610. The van der Waals surface area contributed by atoms with Gasteiger partial charge in [0.15, 0.2) is 0 Å². The molecule has 0 aliphatic heterocycles. The minimum absolute atomic E-state index is 0.145. The Bertz CT molecular complexity index is 268. The van der Waals surface area contributed by atoms with Gasteiger partial charge in [0, 0.05) is 0 Å². The third-order valence-electron chi connectivity index (χ3n) is 4.48. The average Bonchev–Trinajstić information content (AvgIpc) is 2.48. The molecule has 4 heteroatoms. The number of aliphatic carboxylic acids is 1. The molecule has 0 rings (SSSR count). The number of carboxylic acids is 1. The molecule has 0 aliphatic rings. The maximum atomic E-state index is 11.5. The Balaban J connectivity index is 4.05. The van der Waals surface area contributed by atoms with Gasteiger partial charge in [0.05, 0.1) is 18.1 Å². The molecule has 0 fully saturated rings. The highest BCUT2D eigenvalue weighted by Gasteiger charge is 2.37. The molecule has 2 atom stereocenters. The Morgan fingerprint density at radius 3 is 1.95 bits per heavy atom. The Morgan fingerprint density at radius 1 is 1.00 bits per heavy atom. The maximum Gasteiger partial charge on any atom is 0.309 e. The van der Waals surface area contributed by atoms with Crippen LogP contribution in [0.2, 0.25) is 0 Å². The number of aliphatic hydroxyl groups is 2. The minimum atomic E-state index is -0.935. The van der Waals surface area contributed by atoms with Crippen LogP contribution in [0.15, 0.2) is 0 Å². The normalized spacial score (nSPS) is 15.6. The van der Waals surface area contributed by atoms with Gasteiger partial charge in [-0.15, -0.1) is 0 Å². The van der Waals surface area contributed by atoms with Crippen LogP contribution in [0.5, 0.6) is 0 Å². The van der Waals surface area contributed by atoms with Crippen molar-refractivity contribution in [3.63, 3.8) is 0 Å². The van der Waals surface area contributed by atoms with Crippen molar-refractivity contribution in [2.24, 2.45) is 5.41 Å². The monoisotopic (exact) mass is 302 g/mol. The van der Waals surface area contributed by atoms with Crippen LogP contribution in [0.3, 0.4) is 0 Å². The van der Waals surface area contributed by atoms with Crippen LogP contribution >= 0.6 is 0 Å². The first kappa shape index (κ1) is 20.4. The molecule has 4 nitrogen and oxygen atoms in total. The molecule has 0 bridgehead atoms. The molecule has 0 aromatic rings. The first-order valence-electron chi connectivity index (χ1n) is 8.54. The van der Waals surface area contributed by atoms with E-state index in [1.54, 1.807) is 0 Å². The molecule has 2 unspecified atom stereocenters. The molecule has 126 valence electrons. The summed E-state index contributed by atoms with van der Waals surface area (Å²) in [7, 11) is 0. The van der Waals surface area contributed by atoms with E-state index in [2.05, 4.69) is 6.92 Å².